The standard InChI is InChI=1S/C18H26FN/c1-17-10-4-3-5-12(17)6-7-13-14-8-9-15(19)18(14,2)11-20-16(13)17/h3-5,10,12-16,20H,6-9,11H2,1-2H3/t12?,13-,14-,15?,16+,17-,18-/m0/s1. The highest BCUT2D eigenvalue weighted by Gasteiger charge is 2.59. The summed E-state index contributed by atoms with van der Waals surface area (Å²) in [6.45, 7) is 5.45. The maximum Gasteiger partial charge on any atom is 0.107 e. The first-order valence-electron chi connectivity index (χ1n) is 8.29. The molecular formula is C18H26FN. The second-order valence-electron chi connectivity index (χ2n) is 7.97. The number of fused-ring (bicyclic) bond motifs is 5. The Kier molecular flexibility index (Phi) is 2.74. The first-order chi connectivity index (χ1) is 9.56. The molecule has 1 aliphatic heterocycles. The number of allylic oxidation sites excluding steroid dienone is 3. The van der Waals surface area contributed by atoms with Crippen molar-refractivity contribution >= 4 is 0 Å². The number of hydrogen-bond donors (Lipinski definition) is 1. The van der Waals surface area contributed by atoms with Gasteiger partial charge in [-0.05, 0) is 43.4 Å². The molecule has 0 amide bonds. The van der Waals surface area contributed by atoms with Crippen LogP contribution in [0.1, 0.15) is 39.5 Å². The van der Waals surface area contributed by atoms with E-state index in [2.05, 4.69) is 43.5 Å². The van der Waals surface area contributed by atoms with Gasteiger partial charge < -0.3 is 5.32 Å². The molecule has 0 bridgehead atoms. The van der Waals surface area contributed by atoms with Crippen molar-refractivity contribution in [3.63, 3.8) is 0 Å². The van der Waals surface area contributed by atoms with E-state index < -0.39 is 6.17 Å². The van der Waals surface area contributed by atoms with Gasteiger partial charge >= 0.3 is 0 Å². The number of halogens is 1. The highest BCUT2D eigenvalue weighted by Crippen LogP contribution is 2.58. The highest BCUT2D eigenvalue weighted by molar-refractivity contribution is 5.25. The Morgan fingerprint density at radius 1 is 1.10 bits per heavy atom. The molecular weight excluding hydrogens is 249 g/mol. The van der Waals surface area contributed by atoms with Gasteiger partial charge in [0, 0.05) is 23.4 Å². The topological polar surface area (TPSA) is 12.0 Å². The molecule has 0 aromatic heterocycles. The molecule has 20 heavy (non-hydrogen) atoms. The van der Waals surface area contributed by atoms with Crippen molar-refractivity contribution in [2.45, 2.75) is 51.7 Å². The van der Waals surface area contributed by atoms with Gasteiger partial charge in [0.1, 0.15) is 6.17 Å². The molecule has 0 spiro atoms. The average molecular weight is 275 g/mol. The first kappa shape index (κ1) is 13.1. The van der Waals surface area contributed by atoms with Crippen LogP contribution in [0.15, 0.2) is 24.3 Å². The predicted octanol–water partition coefficient (Wildman–Crippen LogP) is 3.87. The van der Waals surface area contributed by atoms with E-state index in [-0.39, 0.29) is 10.8 Å². The van der Waals surface area contributed by atoms with E-state index >= 15 is 0 Å². The number of alkyl halides is 1. The second kappa shape index (κ2) is 4.19. The fraction of sp³-hybridized carbons (Fsp3) is 0.778. The largest absolute Gasteiger partial charge is 0.312 e. The summed E-state index contributed by atoms with van der Waals surface area (Å²) in [5.41, 5.74) is 0.117. The van der Waals surface area contributed by atoms with Crippen LogP contribution in [0, 0.1) is 28.6 Å². The fourth-order valence-corrected chi connectivity index (χ4v) is 5.83. The minimum absolute atomic E-state index is 0.113. The third-order valence-electron chi connectivity index (χ3n) is 7.13. The third kappa shape index (κ3) is 1.52. The minimum Gasteiger partial charge on any atom is -0.312 e. The zero-order chi connectivity index (χ0) is 14.0. The van der Waals surface area contributed by atoms with E-state index in [0.717, 1.165) is 19.4 Å². The summed E-state index contributed by atoms with van der Waals surface area (Å²) >= 11 is 0. The first-order valence-corrected chi connectivity index (χ1v) is 8.29. The van der Waals surface area contributed by atoms with Crippen LogP contribution in [0.3, 0.4) is 0 Å². The lowest BCUT2D eigenvalue weighted by Crippen LogP contribution is -2.64. The van der Waals surface area contributed by atoms with Gasteiger partial charge in [0.15, 0.2) is 0 Å². The molecule has 1 saturated heterocycles. The van der Waals surface area contributed by atoms with Crippen molar-refractivity contribution in [2.75, 3.05) is 6.54 Å². The summed E-state index contributed by atoms with van der Waals surface area (Å²) < 4.78 is 14.4. The SMILES string of the molecule is C[C@]12C=CC=CC1CC[C@@H]1[C@H]2NC[C@]2(C)C(F)CC[C@@H]12. The molecule has 4 rings (SSSR count). The maximum atomic E-state index is 14.4. The third-order valence-corrected chi connectivity index (χ3v) is 7.13. The molecule has 0 radical (unpaired) electrons. The van der Waals surface area contributed by atoms with Crippen molar-refractivity contribution in [2.24, 2.45) is 28.6 Å². The minimum atomic E-state index is -0.603. The lowest BCUT2D eigenvalue weighted by atomic mass is 9.52. The summed E-state index contributed by atoms with van der Waals surface area (Å²) in [5, 5.41) is 3.78. The van der Waals surface area contributed by atoms with Crippen molar-refractivity contribution in [3.05, 3.63) is 24.3 Å². The Morgan fingerprint density at radius 3 is 2.80 bits per heavy atom. The number of piperidine rings is 1. The molecule has 0 aromatic rings. The van der Waals surface area contributed by atoms with Gasteiger partial charge in [0.2, 0.25) is 0 Å². The van der Waals surface area contributed by atoms with Gasteiger partial charge in [0.25, 0.3) is 0 Å². The van der Waals surface area contributed by atoms with E-state index in [1.54, 1.807) is 0 Å². The second-order valence-corrected chi connectivity index (χ2v) is 7.97. The molecule has 1 N–H and O–H groups in total. The van der Waals surface area contributed by atoms with Crippen LogP contribution >= 0.6 is 0 Å². The highest BCUT2D eigenvalue weighted by atomic mass is 19.1. The van der Waals surface area contributed by atoms with Gasteiger partial charge in [-0.2, -0.15) is 0 Å². The summed E-state index contributed by atoms with van der Waals surface area (Å²) in [6, 6.07) is 0.533. The molecule has 3 fully saturated rings. The predicted molar refractivity (Wildman–Crippen MR) is 80.1 cm³/mol. The Morgan fingerprint density at radius 2 is 1.95 bits per heavy atom. The molecule has 2 heteroatoms. The summed E-state index contributed by atoms with van der Waals surface area (Å²) in [7, 11) is 0. The lowest BCUT2D eigenvalue weighted by molar-refractivity contribution is -0.0402. The molecule has 3 aliphatic carbocycles. The van der Waals surface area contributed by atoms with Crippen molar-refractivity contribution in [1.29, 1.82) is 0 Å². The van der Waals surface area contributed by atoms with E-state index in [1.807, 2.05) is 0 Å². The smallest absolute Gasteiger partial charge is 0.107 e. The molecule has 0 aromatic carbocycles. The van der Waals surface area contributed by atoms with Crippen molar-refractivity contribution < 1.29 is 4.39 Å². The summed E-state index contributed by atoms with van der Waals surface area (Å²) in [6.07, 6.45) is 13.0. The Labute approximate surface area is 121 Å². The normalized spacial score (nSPS) is 57.0. The zero-order valence-electron chi connectivity index (χ0n) is 12.6. The van der Waals surface area contributed by atoms with Crippen LogP contribution in [0.2, 0.25) is 0 Å². The van der Waals surface area contributed by atoms with Gasteiger partial charge in [-0.25, -0.2) is 4.39 Å². The number of nitrogens with one attached hydrogen (secondary N) is 1. The Bertz CT molecular complexity index is 470. The number of hydrogen-bond acceptors (Lipinski definition) is 1. The van der Waals surface area contributed by atoms with Gasteiger partial charge in [0.05, 0.1) is 0 Å². The zero-order valence-corrected chi connectivity index (χ0v) is 12.6. The quantitative estimate of drug-likeness (QED) is 0.707. The summed E-state index contributed by atoms with van der Waals surface area (Å²) in [5.74, 6) is 1.90. The Hall–Kier alpha value is -0.630. The van der Waals surface area contributed by atoms with Crippen LogP contribution in [-0.4, -0.2) is 18.8 Å². The molecule has 1 heterocycles. The molecule has 110 valence electrons. The van der Waals surface area contributed by atoms with E-state index in [1.165, 1.54) is 12.8 Å². The van der Waals surface area contributed by atoms with E-state index in [0.29, 0.717) is 23.8 Å². The monoisotopic (exact) mass is 275 g/mol. The molecule has 2 saturated carbocycles. The average Bonchev–Trinajstić information content (AvgIpc) is 2.74. The van der Waals surface area contributed by atoms with Gasteiger partial charge in [-0.1, -0.05) is 38.2 Å². The lowest BCUT2D eigenvalue weighted by Gasteiger charge is -2.58. The molecule has 7 atom stereocenters. The van der Waals surface area contributed by atoms with Crippen LogP contribution in [0.5, 0.6) is 0 Å². The van der Waals surface area contributed by atoms with Crippen LogP contribution < -0.4 is 5.32 Å². The maximum absolute atomic E-state index is 14.4. The number of rotatable bonds is 0. The fourth-order valence-electron chi connectivity index (χ4n) is 5.83. The van der Waals surface area contributed by atoms with Crippen molar-refractivity contribution in [3.8, 4) is 0 Å². The van der Waals surface area contributed by atoms with E-state index in [4.69, 9.17) is 0 Å². The Balaban J connectivity index is 1.68. The molecule has 2 unspecified atom stereocenters. The van der Waals surface area contributed by atoms with Crippen LogP contribution in [0.4, 0.5) is 4.39 Å². The van der Waals surface area contributed by atoms with Crippen molar-refractivity contribution in [1.82, 2.24) is 5.32 Å². The molecule has 1 nitrogen and oxygen atoms in total. The summed E-state index contributed by atoms with van der Waals surface area (Å²) in [4.78, 5) is 0. The van der Waals surface area contributed by atoms with E-state index in [9.17, 15) is 4.39 Å². The van der Waals surface area contributed by atoms with Crippen LogP contribution in [-0.2, 0) is 0 Å². The van der Waals surface area contributed by atoms with Crippen LogP contribution in [0.25, 0.3) is 0 Å². The molecule has 4 aliphatic rings. The van der Waals surface area contributed by atoms with Gasteiger partial charge in [-0.15, -0.1) is 0 Å². The van der Waals surface area contributed by atoms with Gasteiger partial charge in [-0.3, -0.25) is 0 Å².